The molecular formula is C14H16FNO4. The largest absolute Gasteiger partial charge is 0.478 e. The molecule has 1 aliphatic carbocycles. The monoisotopic (exact) mass is 281 g/mol. The Morgan fingerprint density at radius 3 is 2.60 bits per heavy atom. The zero-order chi connectivity index (χ0) is 14.8. The van der Waals surface area contributed by atoms with E-state index in [0.717, 1.165) is 31.4 Å². The Bertz CT molecular complexity index is 534. The number of hydrogen-bond donors (Lipinski definition) is 2. The highest BCUT2D eigenvalue weighted by Gasteiger charge is 2.38. The molecule has 0 heterocycles. The fourth-order valence-corrected chi connectivity index (χ4v) is 2.29. The molecule has 0 aliphatic heterocycles. The third-order valence-corrected chi connectivity index (χ3v) is 3.66. The SMILES string of the molecule is COC1(CC(=O)Nc2ccc(C(=O)O)c(F)c2)CCC1. The van der Waals surface area contributed by atoms with Gasteiger partial charge in [-0.05, 0) is 37.5 Å². The summed E-state index contributed by atoms with van der Waals surface area (Å²) in [5, 5.41) is 11.3. The molecule has 1 amide bonds. The summed E-state index contributed by atoms with van der Waals surface area (Å²) in [6.07, 6.45) is 2.92. The fourth-order valence-electron chi connectivity index (χ4n) is 2.29. The lowest BCUT2D eigenvalue weighted by atomic mass is 9.77. The van der Waals surface area contributed by atoms with Crippen molar-refractivity contribution in [2.75, 3.05) is 12.4 Å². The van der Waals surface area contributed by atoms with Crippen molar-refractivity contribution in [2.24, 2.45) is 0 Å². The molecule has 0 bridgehead atoms. The number of aromatic carboxylic acids is 1. The van der Waals surface area contributed by atoms with Crippen molar-refractivity contribution < 1.29 is 23.8 Å². The van der Waals surface area contributed by atoms with Gasteiger partial charge in [-0.15, -0.1) is 0 Å². The van der Waals surface area contributed by atoms with Crippen LogP contribution in [0.4, 0.5) is 10.1 Å². The molecule has 0 aromatic heterocycles. The number of carboxylic acid groups (broad SMARTS) is 1. The second-order valence-corrected chi connectivity index (χ2v) is 4.97. The lowest BCUT2D eigenvalue weighted by Gasteiger charge is -2.39. The Kier molecular flexibility index (Phi) is 4.04. The minimum Gasteiger partial charge on any atom is -0.478 e. The van der Waals surface area contributed by atoms with E-state index in [1.165, 1.54) is 6.07 Å². The Morgan fingerprint density at radius 1 is 1.45 bits per heavy atom. The number of halogens is 1. The summed E-state index contributed by atoms with van der Waals surface area (Å²) in [5.74, 6) is -2.48. The zero-order valence-corrected chi connectivity index (χ0v) is 11.1. The number of hydrogen-bond acceptors (Lipinski definition) is 3. The van der Waals surface area contributed by atoms with E-state index in [9.17, 15) is 14.0 Å². The van der Waals surface area contributed by atoms with Crippen LogP contribution in [0.5, 0.6) is 0 Å². The molecule has 108 valence electrons. The normalized spacial score (nSPS) is 16.3. The first-order valence-corrected chi connectivity index (χ1v) is 6.34. The third-order valence-electron chi connectivity index (χ3n) is 3.66. The van der Waals surface area contributed by atoms with Crippen molar-refractivity contribution in [2.45, 2.75) is 31.3 Å². The van der Waals surface area contributed by atoms with Crippen LogP contribution in [0.2, 0.25) is 0 Å². The van der Waals surface area contributed by atoms with Crippen LogP contribution in [0, 0.1) is 5.82 Å². The maximum Gasteiger partial charge on any atom is 0.338 e. The number of amides is 1. The van der Waals surface area contributed by atoms with Gasteiger partial charge in [0.05, 0.1) is 17.6 Å². The van der Waals surface area contributed by atoms with E-state index in [1.807, 2.05) is 0 Å². The fraction of sp³-hybridized carbons (Fsp3) is 0.429. The molecule has 0 unspecified atom stereocenters. The molecule has 0 atom stereocenters. The van der Waals surface area contributed by atoms with E-state index in [4.69, 9.17) is 9.84 Å². The summed E-state index contributed by atoms with van der Waals surface area (Å²) in [4.78, 5) is 22.6. The highest BCUT2D eigenvalue weighted by Crippen LogP contribution is 2.38. The van der Waals surface area contributed by atoms with Crippen molar-refractivity contribution in [1.29, 1.82) is 0 Å². The van der Waals surface area contributed by atoms with Crippen molar-refractivity contribution in [3.8, 4) is 0 Å². The Hall–Kier alpha value is -1.95. The molecule has 6 heteroatoms. The standard InChI is InChI=1S/C14H16FNO4/c1-20-14(5-2-6-14)8-12(17)16-9-3-4-10(13(18)19)11(15)7-9/h3-4,7H,2,5-6,8H2,1H3,(H,16,17)(H,18,19). The summed E-state index contributed by atoms with van der Waals surface area (Å²) >= 11 is 0. The van der Waals surface area contributed by atoms with Gasteiger partial charge in [0, 0.05) is 12.8 Å². The summed E-state index contributed by atoms with van der Waals surface area (Å²) in [7, 11) is 1.58. The molecule has 1 aliphatic rings. The van der Waals surface area contributed by atoms with Crippen molar-refractivity contribution in [3.05, 3.63) is 29.6 Å². The van der Waals surface area contributed by atoms with Crippen LogP contribution >= 0.6 is 0 Å². The van der Waals surface area contributed by atoms with Crippen molar-refractivity contribution in [1.82, 2.24) is 0 Å². The van der Waals surface area contributed by atoms with Crippen LogP contribution in [-0.2, 0) is 9.53 Å². The molecular weight excluding hydrogens is 265 g/mol. The molecule has 20 heavy (non-hydrogen) atoms. The summed E-state index contributed by atoms with van der Waals surface area (Å²) in [6, 6.07) is 3.50. The first kappa shape index (κ1) is 14.5. The quantitative estimate of drug-likeness (QED) is 0.869. The van der Waals surface area contributed by atoms with Crippen LogP contribution in [0.15, 0.2) is 18.2 Å². The number of benzene rings is 1. The van der Waals surface area contributed by atoms with Crippen molar-refractivity contribution >= 4 is 17.6 Å². The van der Waals surface area contributed by atoms with Crippen LogP contribution in [-0.4, -0.2) is 29.7 Å². The summed E-state index contributed by atoms with van der Waals surface area (Å²) in [6.45, 7) is 0. The first-order chi connectivity index (χ1) is 9.46. The molecule has 0 radical (unpaired) electrons. The summed E-state index contributed by atoms with van der Waals surface area (Å²) in [5.41, 5.74) is -0.581. The predicted molar refractivity (Wildman–Crippen MR) is 70.2 cm³/mol. The van der Waals surface area contributed by atoms with Crippen LogP contribution in [0.25, 0.3) is 0 Å². The van der Waals surface area contributed by atoms with Gasteiger partial charge in [-0.2, -0.15) is 0 Å². The predicted octanol–water partition coefficient (Wildman–Crippen LogP) is 2.42. The van der Waals surface area contributed by atoms with Gasteiger partial charge < -0.3 is 15.2 Å². The van der Waals surface area contributed by atoms with Gasteiger partial charge in [0.25, 0.3) is 0 Å². The van der Waals surface area contributed by atoms with Gasteiger partial charge in [0.2, 0.25) is 5.91 Å². The van der Waals surface area contributed by atoms with Crippen LogP contribution in [0.3, 0.4) is 0 Å². The van der Waals surface area contributed by atoms with Gasteiger partial charge in [-0.25, -0.2) is 9.18 Å². The minimum absolute atomic E-state index is 0.214. The average Bonchev–Trinajstić information content (AvgIpc) is 2.33. The molecule has 2 N–H and O–H groups in total. The molecule has 1 saturated carbocycles. The number of methoxy groups -OCH3 is 1. The highest BCUT2D eigenvalue weighted by molar-refractivity contribution is 5.93. The van der Waals surface area contributed by atoms with E-state index in [-0.39, 0.29) is 18.0 Å². The minimum atomic E-state index is -1.34. The number of rotatable bonds is 5. The average molecular weight is 281 g/mol. The molecule has 1 fully saturated rings. The molecule has 5 nitrogen and oxygen atoms in total. The van der Waals surface area contributed by atoms with E-state index in [2.05, 4.69) is 5.32 Å². The smallest absolute Gasteiger partial charge is 0.338 e. The number of carbonyl (C=O) groups is 2. The Morgan fingerprint density at radius 2 is 2.15 bits per heavy atom. The third kappa shape index (κ3) is 2.96. The second-order valence-electron chi connectivity index (χ2n) is 4.97. The Labute approximate surface area is 115 Å². The van der Waals surface area contributed by atoms with Gasteiger partial charge in [0.1, 0.15) is 5.82 Å². The van der Waals surface area contributed by atoms with Gasteiger partial charge in [-0.3, -0.25) is 4.79 Å². The highest BCUT2D eigenvalue weighted by atomic mass is 19.1. The van der Waals surface area contributed by atoms with E-state index in [1.54, 1.807) is 7.11 Å². The second kappa shape index (κ2) is 5.58. The van der Waals surface area contributed by atoms with Gasteiger partial charge in [0.15, 0.2) is 0 Å². The molecule has 1 aromatic rings. The van der Waals surface area contributed by atoms with Crippen LogP contribution < -0.4 is 5.32 Å². The van der Waals surface area contributed by atoms with Gasteiger partial charge in [-0.1, -0.05) is 0 Å². The number of nitrogens with one attached hydrogen (secondary N) is 1. The van der Waals surface area contributed by atoms with Crippen molar-refractivity contribution in [3.63, 3.8) is 0 Å². The molecule has 1 aromatic carbocycles. The van der Waals surface area contributed by atoms with Gasteiger partial charge >= 0.3 is 5.97 Å². The lowest BCUT2D eigenvalue weighted by Crippen LogP contribution is -2.42. The maximum absolute atomic E-state index is 13.5. The molecule has 0 saturated heterocycles. The number of carbonyl (C=O) groups excluding carboxylic acids is 1. The zero-order valence-electron chi connectivity index (χ0n) is 11.1. The maximum atomic E-state index is 13.5. The summed E-state index contributed by atoms with van der Waals surface area (Å²) < 4.78 is 18.8. The molecule has 0 spiro atoms. The van der Waals surface area contributed by atoms with E-state index < -0.39 is 23.0 Å². The number of carboxylic acids is 1. The van der Waals surface area contributed by atoms with E-state index in [0.29, 0.717) is 0 Å². The van der Waals surface area contributed by atoms with Crippen LogP contribution in [0.1, 0.15) is 36.0 Å². The topological polar surface area (TPSA) is 75.6 Å². The number of ether oxygens (including phenoxy) is 1. The number of anilines is 1. The molecule has 2 rings (SSSR count). The van der Waals surface area contributed by atoms with E-state index >= 15 is 0 Å². The lowest BCUT2D eigenvalue weighted by molar-refractivity contribution is -0.129. The first-order valence-electron chi connectivity index (χ1n) is 6.34. The Balaban J connectivity index is 2.01.